The molecule has 0 unspecified atom stereocenters. The number of aromatic nitrogens is 2. The predicted octanol–water partition coefficient (Wildman–Crippen LogP) is 6.17. The predicted molar refractivity (Wildman–Crippen MR) is 108 cm³/mol. The first-order valence-corrected chi connectivity index (χ1v) is 10.4. The van der Waals surface area contributed by atoms with Gasteiger partial charge in [-0.3, -0.25) is 4.79 Å². The van der Waals surface area contributed by atoms with Crippen molar-refractivity contribution in [2.24, 2.45) is 0 Å². The molecular weight excluding hydrogens is 459 g/mol. The van der Waals surface area contributed by atoms with Gasteiger partial charge < -0.3 is 5.11 Å². The van der Waals surface area contributed by atoms with Gasteiger partial charge in [0.2, 0.25) is 0 Å². The van der Waals surface area contributed by atoms with Crippen LogP contribution in [0.25, 0.3) is 16.3 Å². The van der Waals surface area contributed by atoms with Crippen LogP contribution in [-0.2, 0) is 11.2 Å². The van der Waals surface area contributed by atoms with E-state index in [1.807, 2.05) is 18.2 Å². The molecule has 1 atom stereocenters. The number of nitrogens with zero attached hydrogens (tertiary/aromatic N) is 2. The Bertz CT molecular complexity index is 1010. The molecule has 2 heterocycles. The van der Waals surface area contributed by atoms with Crippen molar-refractivity contribution in [3.05, 3.63) is 55.4 Å². The van der Waals surface area contributed by atoms with E-state index in [4.69, 9.17) is 28.3 Å². The van der Waals surface area contributed by atoms with Crippen molar-refractivity contribution in [2.75, 3.05) is 0 Å². The molecule has 8 heteroatoms. The quantitative estimate of drug-likeness (QED) is 0.496. The molecule has 1 aromatic carbocycles. The highest BCUT2D eigenvalue weighted by atomic mass is 79.9. The van der Waals surface area contributed by atoms with E-state index in [1.54, 1.807) is 28.2 Å². The summed E-state index contributed by atoms with van der Waals surface area (Å²) in [4.78, 5) is 12.7. The summed E-state index contributed by atoms with van der Waals surface area (Å²) in [5.74, 6) is -1.43. The lowest BCUT2D eigenvalue weighted by atomic mass is 9.86. The Kier molecular flexibility index (Phi) is 4.86. The average Bonchev–Trinajstić information content (AvgIpc) is 3.17. The van der Waals surface area contributed by atoms with Crippen LogP contribution in [0.15, 0.2) is 34.1 Å². The zero-order chi connectivity index (χ0) is 18.4. The number of rotatable bonds is 3. The number of benzene rings is 1. The first-order valence-electron chi connectivity index (χ1n) is 8.01. The molecule has 0 spiro atoms. The maximum Gasteiger partial charge on any atom is 0.312 e. The number of carbonyl (C=O) groups is 1. The third kappa shape index (κ3) is 3.09. The largest absolute Gasteiger partial charge is 0.481 e. The number of aliphatic carboxylic acids is 1. The molecule has 1 N–H and O–H groups in total. The van der Waals surface area contributed by atoms with Gasteiger partial charge in [0.1, 0.15) is 5.92 Å². The molecule has 0 aliphatic heterocycles. The van der Waals surface area contributed by atoms with E-state index in [0.29, 0.717) is 27.8 Å². The third-order valence-corrected chi connectivity index (χ3v) is 6.68. The zero-order valence-electron chi connectivity index (χ0n) is 13.4. The van der Waals surface area contributed by atoms with Crippen molar-refractivity contribution in [2.45, 2.75) is 25.2 Å². The maximum atomic E-state index is 11.7. The molecule has 0 fully saturated rings. The highest BCUT2D eigenvalue weighted by Gasteiger charge is 2.33. The van der Waals surface area contributed by atoms with Crippen molar-refractivity contribution in [1.82, 2.24) is 9.78 Å². The smallest absolute Gasteiger partial charge is 0.312 e. The molecule has 1 aliphatic rings. The molecule has 0 saturated heterocycles. The van der Waals surface area contributed by atoms with Gasteiger partial charge in [-0.15, -0.1) is 11.3 Å². The van der Waals surface area contributed by atoms with Crippen LogP contribution in [0.1, 0.15) is 30.0 Å². The molecule has 134 valence electrons. The van der Waals surface area contributed by atoms with E-state index < -0.39 is 11.9 Å². The fourth-order valence-corrected chi connectivity index (χ4v) is 5.31. The minimum absolute atomic E-state index is 0.473. The Morgan fingerprint density at radius 2 is 2.12 bits per heavy atom. The third-order valence-electron chi connectivity index (χ3n) is 4.51. The summed E-state index contributed by atoms with van der Waals surface area (Å²) in [6.45, 7) is 0. The van der Waals surface area contributed by atoms with Crippen LogP contribution in [0.2, 0.25) is 10.0 Å². The summed E-state index contributed by atoms with van der Waals surface area (Å²) in [6.07, 6.45) is 2.22. The number of halogens is 3. The van der Waals surface area contributed by atoms with Gasteiger partial charge in [0.25, 0.3) is 0 Å². The van der Waals surface area contributed by atoms with E-state index >= 15 is 0 Å². The van der Waals surface area contributed by atoms with Crippen LogP contribution in [0.5, 0.6) is 0 Å². The summed E-state index contributed by atoms with van der Waals surface area (Å²) in [5.41, 5.74) is 3.22. The second-order valence-corrected chi connectivity index (χ2v) is 9.41. The van der Waals surface area contributed by atoms with E-state index in [2.05, 4.69) is 15.9 Å². The van der Waals surface area contributed by atoms with Crippen LogP contribution < -0.4 is 0 Å². The van der Waals surface area contributed by atoms with E-state index in [-0.39, 0.29) is 0 Å². The minimum atomic E-state index is -0.836. The Morgan fingerprint density at radius 3 is 2.77 bits per heavy atom. The molecule has 0 amide bonds. The highest BCUT2D eigenvalue weighted by Crippen LogP contribution is 2.42. The van der Waals surface area contributed by atoms with E-state index in [9.17, 15) is 9.90 Å². The fourth-order valence-electron chi connectivity index (χ4n) is 3.38. The van der Waals surface area contributed by atoms with Gasteiger partial charge >= 0.3 is 5.97 Å². The number of carboxylic acid groups (broad SMARTS) is 1. The Labute approximate surface area is 172 Å². The van der Waals surface area contributed by atoms with E-state index in [1.165, 1.54) is 0 Å². The zero-order valence-corrected chi connectivity index (χ0v) is 17.3. The van der Waals surface area contributed by atoms with Crippen molar-refractivity contribution in [3.63, 3.8) is 0 Å². The van der Waals surface area contributed by atoms with Gasteiger partial charge in [-0.1, -0.05) is 23.2 Å². The fraction of sp³-hybridized carbons (Fsp3) is 0.222. The number of hydrogen-bond acceptors (Lipinski definition) is 3. The number of hydrogen-bond donors (Lipinski definition) is 1. The van der Waals surface area contributed by atoms with Gasteiger partial charge in [0.05, 0.1) is 30.8 Å². The molecule has 2 aromatic heterocycles. The van der Waals surface area contributed by atoms with Crippen LogP contribution in [0.4, 0.5) is 0 Å². The van der Waals surface area contributed by atoms with Crippen LogP contribution >= 0.6 is 50.5 Å². The summed E-state index contributed by atoms with van der Waals surface area (Å²) in [6, 6.07) is 9.22. The van der Waals surface area contributed by atoms with Gasteiger partial charge in [-0.05, 0) is 65.5 Å². The van der Waals surface area contributed by atoms with Crippen LogP contribution in [-0.4, -0.2) is 20.9 Å². The Hall–Kier alpha value is -1.34. The monoisotopic (exact) mass is 470 g/mol. The summed E-state index contributed by atoms with van der Waals surface area (Å²) in [5, 5.41) is 15.3. The topological polar surface area (TPSA) is 55.1 Å². The van der Waals surface area contributed by atoms with Crippen LogP contribution in [0, 0.1) is 0 Å². The molecular formula is C18H13BrCl2N2O2S. The molecule has 26 heavy (non-hydrogen) atoms. The lowest BCUT2D eigenvalue weighted by molar-refractivity contribution is -0.139. The van der Waals surface area contributed by atoms with Crippen molar-refractivity contribution in [1.29, 1.82) is 0 Å². The van der Waals surface area contributed by atoms with Gasteiger partial charge in [-0.2, -0.15) is 5.10 Å². The lowest BCUT2D eigenvalue weighted by Crippen LogP contribution is -2.17. The molecule has 3 aromatic rings. The highest BCUT2D eigenvalue weighted by molar-refractivity contribution is 9.11. The number of fused-ring (bicyclic) bond motifs is 1. The van der Waals surface area contributed by atoms with E-state index in [0.717, 1.165) is 32.8 Å². The average molecular weight is 472 g/mol. The first-order chi connectivity index (χ1) is 12.5. The summed E-state index contributed by atoms with van der Waals surface area (Å²) < 4.78 is 2.77. The molecule has 0 bridgehead atoms. The number of thiophene rings is 1. The standard InChI is InChI=1S/C18H13BrCl2N2O2S/c19-15-7-6-14(26-15)17-10-2-1-3-11(18(24)25)16(10)22-23(17)13-5-4-9(20)8-12(13)21/h4-8,11H,1-3H2,(H,24,25)/t11-/m0/s1. The maximum absolute atomic E-state index is 11.7. The van der Waals surface area contributed by atoms with Gasteiger partial charge in [-0.25, -0.2) is 4.68 Å². The normalized spacial score (nSPS) is 16.5. The summed E-state index contributed by atoms with van der Waals surface area (Å²) in [7, 11) is 0. The van der Waals surface area contributed by atoms with Crippen LogP contribution in [0.3, 0.4) is 0 Å². The second kappa shape index (κ2) is 7.00. The number of carboxylic acids is 1. The molecule has 0 saturated carbocycles. The lowest BCUT2D eigenvalue weighted by Gasteiger charge is -2.17. The molecule has 4 nitrogen and oxygen atoms in total. The molecule has 1 aliphatic carbocycles. The minimum Gasteiger partial charge on any atom is -0.481 e. The van der Waals surface area contributed by atoms with Gasteiger partial charge in [0, 0.05) is 10.6 Å². The second-order valence-electron chi connectivity index (χ2n) is 6.11. The van der Waals surface area contributed by atoms with Crippen molar-refractivity contribution < 1.29 is 9.90 Å². The SMILES string of the molecule is O=C(O)[C@H]1CCCc2c1nn(-c1ccc(Cl)cc1Cl)c2-c1ccc(Br)s1. The Balaban J connectivity index is 2.00. The first kappa shape index (κ1) is 18.0. The van der Waals surface area contributed by atoms with Crippen molar-refractivity contribution >= 4 is 56.4 Å². The van der Waals surface area contributed by atoms with Crippen molar-refractivity contribution in [3.8, 4) is 16.3 Å². The van der Waals surface area contributed by atoms with Gasteiger partial charge in [0.15, 0.2) is 0 Å². The summed E-state index contributed by atoms with van der Waals surface area (Å²) >= 11 is 17.5. The molecule has 4 rings (SSSR count). The Morgan fingerprint density at radius 1 is 1.31 bits per heavy atom. The molecule has 0 radical (unpaired) electrons.